The average Bonchev–Trinajstić information content (AvgIpc) is 3.14. The average molecular weight is 337 g/mol. The molecule has 134 valence electrons. The molecule has 1 heterocycles. The number of para-hydroxylation sites is 1. The zero-order chi connectivity index (χ0) is 17.8. The van der Waals surface area contributed by atoms with Gasteiger partial charge in [0.25, 0.3) is 0 Å². The van der Waals surface area contributed by atoms with Gasteiger partial charge in [-0.15, -0.1) is 0 Å². The molecule has 25 heavy (non-hydrogen) atoms. The van der Waals surface area contributed by atoms with E-state index in [1.807, 2.05) is 0 Å². The van der Waals surface area contributed by atoms with Crippen molar-refractivity contribution in [3.63, 3.8) is 0 Å². The molecule has 2 aromatic rings. The normalized spacial score (nSPS) is 15.3. The van der Waals surface area contributed by atoms with E-state index in [2.05, 4.69) is 69.4 Å². The second-order valence-electron chi connectivity index (χ2n) is 8.01. The second-order valence-corrected chi connectivity index (χ2v) is 8.01. The number of rotatable bonds is 6. The van der Waals surface area contributed by atoms with Crippen molar-refractivity contribution in [3.05, 3.63) is 58.9 Å². The molecule has 0 bridgehead atoms. The minimum atomic E-state index is 0.513. The molecule has 2 nitrogen and oxygen atoms in total. The van der Waals surface area contributed by atoms with E-state index in [-0.39, 0.29) is 0 Å². The smallest absolute Gasteiger partial charge is 0.0598 e. The van der Waals surface area contributed by atoms with Gasteiger partial charge in [0.2, 0.25) is 0 Å². The molecule has 0 radical (unpaired) electrons. The lowest BCUT2D eigenvalue weighted by atomic mass is 9.92. The van der Waals surface area contributed by atoms with Gasteiger partial charge in [-0.1, -0.05) is 64.8 Å². The SMILES string of the molecule is CC(C)c1cccc(C(C)C)c1NCc1cccc(C2CCCC2)n1. The molecular weight excluding hydrogens is 304 g/mol. The van der Waals surface area contributed by atoms with Crippen LogP contribution >= 0.6 is 0 Å². The molecule has 1 aromatic heterocycles. The van der Waals surface area contributed by atoms with Gasteiger partial charge in [0.15, 0.2) is 0 Å². The van der Waals surface area contributed by atoms with E-state index in [1.54, 1.807) is 0 Å². The number of hydrogen-bond acceptors (Lipinski definition) is 2. The minimum Gasteiger partial charge on any atom is -0.379 e. The van der Waals surface area contributed by atoms with Gasteiger partial charge in [0, 0.05) is 17.3 Å². The third kappa shape index (κ3) is 4.23. The monoisotopic (exact) mass is 336 g/mol. The van der Waals surface area contributed by atoms with Crippen LogP contribution in [0.4, 0.5) is 5.69 Å². The molecule has 1 aromatic carbocycles. The first-order valence-corrected chi connectivity index (χ1v) is 9.88. The van der Waals surface area contributed by atoms with E-state index in [9.17, 15) is 0 Å². The highest BCUT2D eigenvalue weighted by molar-refractivity contribution is 5.60. The molecule has 3 rings (SSSR count). The molecule has 1 N–H and O–H groups in total. The Bertz CT molecular complexity index is 671. The molecule has 0 spiro atoms. The second kappa shape index (κ2) is 8.03. The molecule has 1 aliphatic rings. The molecule has 1 aliphatic carbocycles. The summed E-state index contributed by atoms with van der Waals surface area (Å²) in [6.45, 7) is 9.87. The third-order valence-electron chi connectivity index (χ3n) is 5.42. The van der Waals surface area contributed by atoms with Crippen molar-refractivity contribution in [2.24, 2.45) is 0 Å². The summed E-state index contributed by atoms with van der Waals surface area (Å²) in [5.74, 6) is 1.70. The molecule has 0 aliphatic heterocycles. The third-order valence-corrected chi connectivity index (χ3v) is 5.42. The minimum absolute atomic E-state index is 0.513. The van der Waals surface area contributed by atoms with Gasteiger partial charge in [0.1, 0.15) is 0 Å². The zero-order valence-electron chi connectivity index (χ0n) is 16.2. The summed E-state index contributed by atoms with van der Waals surface area (Å²) in [4.78, 5) is 4.96. The number of pyridine rings is 1. The predicted molar refractivity (Wildman–Crippen MR) is 107 cm³/mol. The fraction of sp³-hybridized carbons (Fsp3) is 0.522. The summed E-state index contributed by atoms with van der Waals surface area (Å²) in [5.41, 5.74) is 6.55. The van der Waals surface area contributed by atoms with E-state index in [4.69, 9.17) is 4.98 Å². The summed E-state index contributed by atoms with van der Waals surface area (Å²) in [6, 6.07) is 13.2. The maximum absolute atomic E-state index is 4.96. The van der Waals surface area contributed by atoms with Gasteiger partial charge in [-0.05, 0) is 47.9 Å². The lowest BCUT2D eigenvalue weighted by Crippen LogP contribution is -2.09. The highest BCUT2D eigenvalue weighted by Gasteiger charge is 2.18. The first-order chi connectivity index (χ1) is 12.1. The molecule has 0 unspecified atom stereocenters. The van der Waals surface area contributed by atoms with Crippen LogP contribution in [-0.2, 0) is 6.54 Å². The maximum atomic E-state index is 4.96. The van der Waals surface area contributed by atoms with E-state index >= 15 is 0 Å². The van der Waals surface area contributed by atoms with Gasteiger partial charge in [-0.25, -0.2) is 0 Å². The van der Waals surface area contributed by atoms with Crippen LogP contribution in [0, 0.1) is 0 Å². The lowest BCUT2D eigenvalue weighted by Gasteiger charge is -2.21. The quantitative estimate of drug-likeness (QED) is 0.643. The number of aromatic nitrogens is 1. The number of hydrogen-bond donors (Lipinski definition) is 1. The zero-order valence-corrected chi connectivity index (χ0v) is 16.2. The number of nitrogens with one attached hydrogen (secondary N) is 1. The largest absolute Gasteiger partial charge is 0.379 e. The molecule has 0 saturated heterocycles. The summed E-state index contributed by atoms with van der Waals surface area (Å²) < 4.78 is 0. The van der Waals surface area contributed by atoms with Gasteiger partial charge < -0.3 is 5.32 Å². The van der Waals surface area contributed by atoms with Crippen molar-refractivity contribution < 1.29 is 0 Å². The van der Waals surface area contributed by atoms with E-state index in [0.29, 0.717) is 17.8 Å². The fourth-order valence-corrected chi connectivity index (χ4v) is 3.98. The molecular formula is C23H32N2. The first-order valence-electron chi connectivity index (χ1n) is 9.88. The Morgan fingerprint density at radius 1 is 0.920 bits per heavy atom. The highest BCUT2D eigenvalue weighted by Crippen LogP contribution is 2.34. The van der Waals surface area contributed by atoms with Crippen LogP contribution < -0.4 is 5.32 Å². The van der Waals surface area contributed by atoms with Crippen LogP contribution in [-0.4, -0.2) is 4.98 Å². The van der Waals surface area contributed by atoms with Crippen LogP contribution in [0.15, 0.2) is 36.4 Å². The molecule has 2 heteroatoms. The Hall–Kier alpha value is -1.83. The number of nitrogens with zero attached hydrogens (tertiary/aromatic N) is 1. The molecule has 1 fully saturated rings. The molecule has 0 atom stereocenters. The van der Waals surface area contributed by atoms with Crippen molar-refractivity contribution in [2.75, 3.05) is 5.32 Å². The topological polar surface area (TPSA) is 24.9 Å². The Morgan fingerprint density at radius 2 is 1.52 bits per heavy atom. The standard InChI is InChI=1S/C23H32N2/c1-16(2)20-12-8-13-21(17(3)4)23(20)24-15-19-11-7-14-22(25-19)18-9-5-6-10-18/h7-8,11-14,16-18,24H,5-6,9-10,15H2,1-4H3. The van der Waals surface area contributed by atoms with Gasteiger partial charge >= 0.3 is 0 Å². The van der Waals surface area contributed by atoms with Crippen LogP contribution in [0.3, 0.4) is 0 Å². The Morgan fingerprint density at radius 3 is 2.12 bits per heavy atom. The van der Waals surface area contributed by atoms with Crippen LogP contribution in [0.2, 0.25) is 0 Å². The Labute approximate surface area is 153 Å². The Balaban J connectivity index is 1.80. The van der Waals surface area contributed by atoms with Crippen LogP contribution in [0.5, 0.6) is 0 Å². The summed E-state index contributed by atoms with van der Waals surface area (Å²) in [6.07, 6.45) is 5.32. The van der Waals surface area contributed by atoms with Crippen molar-refractivity contribution in [1.29, 1.82) is 0 Å². The highest BCUT2D eigenvalue weighted by atomic mass is 14.9. The van der Waals surface area contributed by atoms with Crippen LogP contribution in [0.1, 0.15) is 93.6 Å². The van der Waals surface area contributed by atoms with Gasteiger partial charge in [0.05, 0.1) is 12.2 Å². The van der Waals surface area contributed by atoms with Crippen molar-refractivity contribution in [2.45, 2.75) is 77.7 Å². The van der Waals surface area contributed by atoms with Gasteiger partial charge in [-0.3, -0.25) is 4.98 Å². The first kappa shape index (κ1) is 18.0. The fourth-order valence-electron chi connectivity index (χ4n) is 3.98. The molecule has 0 amide bonds. The Kier molecular flexibility index (Phi) is 5.78. The van der Waals surface area contributed by atoms with Crippen molar-refractivity contribution in [1.82, 2.24) is 4.98 Å². The van der Waals surface area contributed by atoms with Crippen molar-refractivity contribution in [3.8, 4) is 0 Å². The van der Waals surface area contributed by atoms with Crippen molar-refractivity contribution >= 4 is 5.69 Å². The van der Waals surface area contributed by atoms with Gasteiger partial charge in [-0.2, -0.15) is 0 Å². The lowest BCUT2D eigenvalue weighted by molar-refractivity contribution is 0.692. The van der Waals surface area contributed by atoms with E-state index in [1.165, 1.54) is 48.2 Å². The van der Waals surface area contributed by atoms with E-state index < -0.39 is 0 Å². The number of anilines is 1. The maximum Gasteiger partial charge on any atom is 0.0598 e. The summed E-state index contributed by atoms with van der Waals surface area (Å²) in [7, 11) is 0. The predicted octanol–water partition coefficient (Wildman–Crippen LogP) is 6.60. The van der Waals surface area contributed by atoms with E-state index in [0.717, 1.165) is 12.2 Å². The summed E-state index contributed by atoms with van der Waals surface area (Å²) in [5, 5.41) is 3.72. The van der Waals surface area contributed by atoms with Crippen LogP contribution in [0.25, 0.3) is 0 Å². The number of benzene rings is 1. The summed E-state index contributed by atoms with van der Waals surface area (Å²) >= 11 is 0. The molecule has 1 saturated carbocycles.